The number of piperazine rings is 1. The summed E-state index contributed by atoms with van der Waals surface area (Å²) in [5.41, 5.74) is 0. The van der Waals surface area contributed by atoms with Gasteiger partial charge in [-0.3, -0.25) is 9.59 Å². The average Bonchev–Trinajstić information content (AvgIpc) is 2.42. The molecule has 0 radical (unpaired) electrons. The van der Waals surface area contributed by atoms with Crippen LogP contribution in [-0.4, -0.2) is 35.8 Å². The molecular formula is C8H12N2O2. The zero-order valence-corrected chi connectivity index (χ0v) is 7.04. The molecule has 2 heterocycles. The van der Waals surface area contributed by atoms with Crippen LogP contribution >= 0.6 is 0 Å². The lowest BCUT2D eigenvalue weighted by Gasteiger charge is -2.30. The standard InChI is InChI=1S/C8H12N2O2/c1-5-2-3-10-6(11)4-9-8(12)7(5)10/h5,7H,2-4H2,1H3,(H,9,12). The number of amides is 2. The lowest BCUT2D eigenvalue weighted by atomic mass is 10.0. The first-order valence-corrected chi connectivity index (χ1v) is 4.27. The third-order valence-corrected chi connectivity index (χ3v) is 2.70. The molecule has 66 valence electrons. The summed E-state index contributed by atoms with van der Waals surface area (Å²) in [6.45, 7) is 2.95. The molecule has 0 aromatic rings. The summed E-state index contributed by atoms with van der Waals surface area (Å²) in [4.78, 5) is 24.3. The molecule has 4 heteroatoms. The van der Waals surface area contributed by atoms with Crippen LogP contribution in [0, 0.1) is 5.92 Å². The van der Waals surface area contributed by atoms with E-state index in [1.807, 2.05) is 6.92 Å². The van der Waals surface area contributed by atoms with E-state index < -0.39 is 0 Å². The van der Waals surface area contributed by atoms with Gasteiger partial charge < -0.3 is 10.2 Å². The topological polar surface area (TPSA) is 49.4 Å². The van der Waals surface area contributed by atoms with Crippen LogP contribution in [0.4, 0.5) is 0 Å². The van der Waals surface area contributed by atoms with E-state index >= 15 is 0 Å². The summed E-state index contributed by atoms with van der Waals surface area (Å²) in [5.74, 6) is 0.387. The number of rotatable bonds is 0. The summed E-state index contributed by atoms with van der Waals surface area (Å²) in [6, 6.07) is -0.189. The maximum absolute atomic E-state index is 11.3. The molecule has 2 aliphatic heterocycles. The number of hydrogen-bond acceptors (Lipinski definition) is 2. The van der Waals surface area contributed by atoms with E-state index in [1.54, 1.807) is 4.90 Å². The van der Waals surface area contributed by atoms with Gasteiger partial charge in [-0.05, 0) is 12.3 Å². The van der Waals surface area contributed by atoms with Crippen LogP contribution in [0.3, 0.4) is 0 Å². The van der Waals surface area contributed by atoms with Gasteiger partial charge in [-0.15, -0.1) is 0 Å². The molecule has 12 heavy (non-hydrogen) atoms. The van der Waals surface area contributed by atoms with E-state index in [4.69, 9.17) is 0 Å². The van der Waals surface area contributed by atoms with Gasteiger partial charge in [0.05, 0.1) is 6.54 Å². The zero-order valence-electron chi connectivity index (χ0n) is 7.04. The highest BCUT2D eigenvalue weighted by Gasteiger charge is 2.42. The van der Waals surface area contributed by atoms with Gasteiger partial charge >= 0.3 is 0 Å². The van der Waals surface area contributed by atoms with Crippen molar-refractivity contribution < 1.29 is 9.59 Å². The minimum absolute atomic E-state index is 0.0135. The Labute approximate surface area is 70.9 Å². The third-order valence-electron chi connectivity index (χ3n) is 2.70. The van der Waals surface area contributed by atoms with Crippen LogP contribution in [0.1, 0.15) is 13.3 Å². The van der Waals surface area contributed by atoms with E-state index in [0.717, 1.165) is 13.0 Å². The SMILES string of the molecule is CC1CCN2C(=O)CNC(=O)C12. The largest absolute Gasteiger partial charge is 0.345 e. The van der Waals surface area contributed by atoms with Gasteiger partial charge in [-0.2, -0.15) is 0 Å². The summed E-state index contributed by atoms with van der Waals surface area (Å²) >= 11 is 0. The third kappa shape index (κ3) is 0.906. The molecule has 1 N–H and O–H groups in total. The first-order chi connectivity index (χ1) is 5.70. The summed E-state index contributed by atoms with van der Waals surface area (Å²) in [6.07, 6.45) is 0.948. The van der Waals surface area contributed by atoms with Crippen LogP contribution in [-0.2, 0) is 9.59 Å². The Hall–Kier alpha value is -1.06. The van der Waals surface area contributed by atoms with E-state index in [2.05, 4.69) is 5.32 Å². The van der Waals surface area contributed by atoms with Gasteiger partial charge in [0.25, 0.3) is 0 Å². The number of hydrogen-bond donors (Lipinski definition) is 1. The van der Waals surface area contributed by atoms with Crippen molar-refractivity contribution >= 4 is 11.8 Å². The van der Waals surface area contributed by atoms with Crippen molar-refractivity contribution in [2.75, 3.05) is 13.1 Å². The minimum Gasteiger partial charge on any atom is -0.345 e. The van der Waals surface area contributed by atoms with E-state index in [9.17, 15) is 9.59 Å². The lowest BCUT2D eigenvalue weighted by Crippen LogP contribution is -2.56. The predicted molar refractivity (Wildman–Crippen MR) is 42.3 cm³/mol. The van der Waals surface area contributed by atoms with Crippen LogP contribution in [0.2, 0.25) is 0 Å². The molecule has 2 unspecified atom stereocenters. The molecule has 2 saturated heterocycles. The van der Waals surface area contributed by atoms with E-state index in [1.165, 1.54) is 0 Å². The maximum atomic E-state index is 11.3. The fourth-order valence-corrected chi connectivity index (χ4v) is 2.00. The minimum atomic E-state index is -0.189. The Bertz CT molecular complexity index is 239. The fourth-order valence-electron chi connectivity index (χ4n) is 2.00. The van der Waals surface area contributed by atoms with E-state index in [0.29, 0.717) is 5.92 Å². The number of carbonyl (C=O) groups is 2. The van der Waals surface area contributed by atoms with Gasteiger partial charge in [-0.1, -0.05) is 6.92 Å². The zero-order chi connectivity index (χ0) is 8.72. The highest BCUT2D eigenvalue weighted by atomic mass is 16.2. The molecule has 0 aliphatic carbocycles. The van der Waals surface area contributed by atoms with Gasteiger partial charge in [-0.25, -0.2) is 0 Å². The van der Waals surface area contributed by atoms with Gasteiger partial charge in [0, 0.05) is 6.54 Å². The first kappa shape index (κ1) is 7.58. The van der Waals surface area contributed by atoms with Crippen LogP contribution < -0.4 is 5.32 Å². The van der Waals surface area contributed by atoms with Crippen molar-refractivity contribution in [1.82, 2.24) is 10.2 Å². The number of nitrogens with one attached hydrogen (secondary N) is 1. The van der Waals surface area contributed by atoms with Crippen molar-refractivity contribution in [2.45, 2.75) is 19.4 Å². The second-order valence-corrected chi connectivity index (χ2v) is 3.52. The average molecular weight is 168 g/mol. The fraction of sp³-hybridized carbons (Fsp3) is 0.750. The number of nitrogens with zero attached hydrogens (tertiary/aromatic N) is 1. The van der Waals surface area contributed by atoms with Crippen molar-refractivity contribution in [3.8, 4) is 0 Å². The Morgan fingerprint density at radius 2 is 2.25 bits per heavy atom. The van der Waals surface area contributed by atoms with Crippen LogP contribution in [0.15, 0.2) is 0 Å². The van der Waals surface area contributed by atoms with E-state index in [-0.39, 0.29) is 24.4 Å². The molecule has 0 saturated carbocycles. The quantitative estimate of drug-likeness (QED) is 0.522. The van der Waals surface area contributed by atoms with Crippen molar-refractivity contribution in [3.05, 3.63) is 0 Å². The molecule has 0 bridgehead atoms. The molecule has 2 atom stereocenters. The van der Waals surface area contributed by atoms with Crippen molar-refractivity contribution in [2.24, 2.45) is 5.92 Å². The van der Waals surface area contributed by atoms with Crippen molar-refractivity contribution in [1.29, 1.82) is 0 Å². The maximum Gasteiger partial charge on any atom is 0.243 e. The number of carbonyl (C=O) groups excluding carboxylic acids is 2. The molecule has 0 spiro atoms. The smallest absolute Gasteiger partial charge is 0.243 e. The predicted octanol–water partition coefficient (Wildman–Crippen LogP) is -0.647. The second-order valence-electron chi connectivity index (χ2n) is 3.52. The Kier molecular flexibility index (Phi) is 1.56. The highest BCUT2D eigenvalue weighted by molar-refractivity contribution is 5.95. The molecule has 4 nitrogen and oxygen atoms in total. The second kappa shape index (κ2) is 2.47. The summed E-state index contributed by atoms with van der Waals surface area (Å²) < 4.78 is 0. The first-order valence-electron chi connectivity index (χ1n) is 4.27. The molecule has 0 aromatic carbocycles. The summed E-state index contributed by atoms with van der Waals surface area (Å²) in [5, 5.41) is 2.60. The Morgan fingerprint density at radius 3 is 2.92 bits per heavy atom. The molecule has 0 aromatic heterocycles. The van der Waals surface area contributed by atoms with Gasteiger partial charge in [0.15, 0.2) is 0 Å². The van der Waals surface area contributed by atoms with Crippen LogP contribution in [0.5, 0.6) is 0 Å². The van der Waals surface area contributed by atoms with Gasteiger partial charge in [0.1, 0.15) is 6.04 Å². The number of fused-ring (bicyclic) bond motifs is 1. The molecule has 2 fully saturated rings. The Morgan fingerprint density at radius 1 is 1.50 bits per heavy atom. The highest BCUT2D eigenvalue weighted by Crippen LogP contribution is 2.25. The molecule has 2 aliphatic rings. The summed E-state index contributed by atoms with van der Waals surface area (Å²) in [7, 11) is 0. The van der Waals surface area contributed by atoms with Gasteiger partial charge in [0.2, 0.25) is 11.8 Å². The molecule has 2 rings (SSSR count). The van der Waals surface area contributed by atoms with Crippen LogP contribution in [0.25, 0.3) is 0 Å². The lowest BCUT2D eigenvalue weighted by molar-refractivity contribution is -0.144. The molecule has 2 amide bonds. The normalized spacial score (nSPS) is 34.9. The molecular weight excluding hydrogens is 156 g/mol. The van der Waals surface area contributed by atoms with Crippen molar-refractivity contribution in [3.63, 3.8) is 0 Å². The monoisotopic (exact) mass is 168 g/mol. The Balaban J connectivity index is 2.24.